The first-order valence-electron chi connectivity index (χ1n) is 13.7. The van der Waals surface area contributed by atoms with Crippen molar-refractivity contribution in [2.75, 3.05) is 12.4 Å². The van der Waals surface area contributed by atoms with Crippen molar-refractivity contribution < 1.29 is 14.3 Å². The Balaban J connectivity index is 1.25. The summed E-state index contributed by atoms with van der Waals surface area (Å²) in [6.45, 7) is 6.84. The third kappa shape index (κ3) is 3.70. The highest BCUT2D eigenvalue weighted by molar-refractivity contribution is 7.16. The third-order valence-corrected chi connectivity index (χ3v) is 11.2. The highest BCUT2D eigenvalue weighted by Crippen LogP contribution is 2.66. The highest BCUT2D eigenvalue weighted by Gasteiger charge is 2.60. The Hall–Kier alpha value is -2.34. The number of fused-ring (bicyclic) bond motifs is 7. The van der Waals surface area contributed by atoms with E-state index < -0.39 is 0 Å². The van der Waals surface area contributed by atoms with Crippen LogP contribution in [0, 0.1) is 28.6 Å². The molecule has 2 aromatic rings. The average molecular weight is 507 g/mol. The molecule has 4 aliphatic rings. The van der Waals surface area contributed by atoms with Crippen LogP contribution in [-0.2, 0) is 16.0 Å². The fourth-order valence-corrected chi connectivity index (χ4v) is 9.32. The first-order chi connectivity index (χ1) is 17.4. The van der Waals surface area contributed by atoms with Gasteiger partial charge in [-0.25, -0.2) is 4.98 Å². The number of carbonyl (C=O) groups excluding carboxylic acids is 1. The second-order valence-corrected chi connectivity index (χ2v) is 12.7. The standard InChI is InChI=1S/C30H38N2O3S/c1-5-26(33)35-25-13-12-21-20-10-11-23-27-24(15-17-29(23,2)22(20)14-16-30(21,25)3)32-28(36-27)31-18-6-8-19(34-4)9-7-18/h6-9,11,20-22,25H,5,10,12-17H2,1-4H3,(H,31,32)/t20-,21-,22-,25-,29+,30-/m0/s1. The molecular weight excluding hydrogens is 468 g/mol. The second kappa shape index (κ2) is 8.90. The van der Waals surface area contributed by atoms with E-state index in [9.17, 15) is 4.79 Å². The number of nitrogens with one attached hydrogen (secondary N) is 1. The lowest BCUT2D eigenvalue weighted by Crippen LogP contribution is -2.50. The van der Waals surface area contributed by atoms with Gasteiger partial charge in [0.1, 0.15) is 11.9 Å². The molecule has 5 nitrogen and oxygen atoms in total. The quantitative estimate of drug-likeness (QED) is 0.428. The number of anilines is 2. The number of aryl methyl sites for hydroxylation is 1. The van der Waals surface area contributed by atoms with Gasteiger partial charge >= 0.3 is 5.97 Å². The molecule has 0 aliphatic heterocycles. The van der Waals surface area contributed by atoms with Crippen molar-refractivity contribution in [3.63, 3.8) is 0 Å². The zero-order valence-electron chi connectivity index (χ0n) is 21.9. The van der Waals surface area contributed by atoms with Crippen LogP contribution in [-0.4, -0.2) is 24.2 Å². The van der Waals surface area contributed by atoms with Crippen molar-refractivity contribution >= 4 is 33.7 Å². The molecule has 36 heavy (non-hydrogen) atoms. The molecule has 0 bridgehead atoms. The van der Waals surface area contributed by atoms with E-state index in [4.69, 9.17) is 14.5 Å². The Morgan fingerprint density at radius 3 is 2.69 bits per heavy atom. The lowest BCUT2D eigenvalue weighted by molar-refractivity contribution is -0.158. The van der Waals surface area contributed by atoms with Gasteiger partial charge in [0.05, 0.1) is 17.7 Å². The van der Waals surface area contributed by atoms with Crippen LogP contribution in [0.3, 0.4) is 0 Å². The summed E-state index contributed by atoms with van der Waals surface area (Å²) in [7, 11) is 1.69. The molecule has 1 aromatic heterocycles. The lowest BCUT2D eigenvalue weighted by Gasteiger charge is -2.56. The zero-order chi connectivity index (χ0) is 25.1. The first-order valence-corrected chi connectivity index (χ1v) is 14.5. The fourth-order valence-electron chi connectivity index (χ4n) is 8.11. The van der Waals surface area contributed by atoms with Crippen molar-refractivity contribution in [3.05, 3.63) is 40.9 Å². The molecule has 6 rings (SSSR count). The molecule has 2 fully saturated rings. The number of allylic oxidation sites excluding steroid dienone is 2. The number of esters is 1. The maximum absolute atomic E-state index is 12.1. The van der Waals surface area contributed by atoms with Gasteiger partial charge < -0.3 is 14.8 Å². The predicted molar refractivity (Wildman–Crippen MR) is 145 cm³/mol. The van der Waals surface area contributed by atoms with Crippen LogP contribution in [0.4, 0.5) is 10.8 Å². The molecule has 6 atom stereocenters. The van der Waals surface area contributed by atoms with Gasteiger partial charge in [0.15, 0.2) is 5.13 Å². The predicted octanol–water partition coefficient (Wildman–Crippen LogP) is 7.40. The molecule has 1 N–H and O–H groups in total. The van der Waals surface area contributed by atoms with Crippen LogP contribution in [0.15, 0.2) is 30.3 Å². The van der Waals surface area contributed by atoms with Crippen LogP contribution in [0.2, 0.25) is 0 Å². The fraction of sp³-hybridized carbons (Fsp3) is 0.600. The Labute approximate surface area is 218 Å². The van der Waals surface area contributed by atoms with Crippen molar-refractivity contribution in [2.24, 2.45) is 28.6 Å². The van der Waals surface area contributed by atoms with E-state index in [-0.39, 0.29) is 22.9 Å². The monoisotopic (exact) mass is 506 g/mol. The molecule has 0 radical (unpaired) electrons. The van der Waals surface area contributed by atoms with Gasteiger partial charge in [-0.05, 0) is 98.0 Å². The molecule has 6 heteroatoms. The van der Waals surface area contributed by atoms with Gasteiger partial charge in [0.2, 0.25) is 0 Å². The Bertz CT molecular complexity index is 1190. The first kappa shape index (κ1) is 24.0. The number of methoxy groups -OCH3 is 1. The molecule has 192 valence electrons. The summed E-state index contributed by atoms with van der Waals surface area (Å²) in [5.74, 6) is 2.86. The zero-order valence-corrected chi connectivity index (χ0v) is 22.7. The summed E-state index contributed by atoms with van der Waals surface area (Å²) in [5.41, 5.74) is 4.17. The van der Waals surface area contributed by atoms with Gasteiger partial charge in [-0.3, -0.25) is 4.79 Å². The number of aromatic nitrogens is 1. The number of ether oxygens (including phenoxy) is 2. The molecule has 0 saturated heterocycles. The van der Waals surface area contributed by atoms with E-state index in [1.54, 1.807) is 12.7 Å². The molecule has 0 amide bonds. The normalized spacial score (nSPS) is 34.5. The molecule has 1 heterocycles. The third-order valence-electron chi connectivity index (χ3n) is 10.1. The number of benzene rings is 1. The molecule has 0 unspecified atom stereocenters. The number of thiazole rings is 1. The smallest absolute Gasteiger partial charge is 0.305 e. The van der Waals surface area contributed by atoms with Crippen molar-refractivity contribution in [1.82, 2.24) is 4.98 Å². The average Bonchev–Trinajstić information content (AvgIpc) is 3.44. The molecular formula is C30H38N2O3S. The summed E-state index contributed by atoms with van der Waals surface area (Å²) in [4.78, 5) is 18.5. The van der Waals surface area contributed by atoms with E-state index in [0.717, 1.165) is 35.8 Å². The number of nitrogens with zero attached hydrogens (tertiary/aromatic N) is 1. The van der Waals surface area contributed by atoms with Gasteiger partial charge in [-0.1, -0.05) is 38.2 Å². The van der Waals surface area contributed by atoms with Crippen LogP contribution >= 0.6 is 11.3 Å². The van der Waals surface area contributed by atoms with E-state index >= 15 is 0 Å². The van der Waals surface area contributed by atoms with Gasteiger partial charge in [0.25, 0.3) is 0 Å². The highest BCUT2D eigenvalue weighted by atomic mass is 32.1. The van der Waals surface area contributed by atoms with Gasteiger partial charge in [-0.2, -0.15) is 0 Å². The summed E-state index contributed by atoms with van der Waals surface area (Å²) in [6, 6.07) is 8.04. The largest absolute Gasteiger partial charge is 0.497 e. The topological polar surface area (TPSA) is 60.5 Å². The van der Waals surface area contributed by atoms with E-state index in [1.165, 1.54) is 36.3 Å². The van der Waals surface area contributed by atoms with Crippen LogP contribution < -0.4 is 10.1 Å². The minimum Gasteiger partial charge on any atom is -0.497 e. The van der Waals surface area contributed by atoms with Gasteiger partial charge in [-0.15, -0.1) is 0 Å². The van der Waals surface area contributed by atoms with Crippen LogP contribution in [0.25, 0.3) is 5.57 Å². The van der Waals surface area contributed by atoms with Crippen LogP contribution in [0.5, 0.6) is 5.75 Å². The van der Waals surface area contributed by atoms with Crippen molar-refractivity contribution in [1.29, 1.82) is 0 Å². The lowest BCUT2D eigenvalue weighted by atomic mass is 9.48. The maximum atomic E-state index is 12.1. The summed E-state index contributed by atoms with van der Waals surface area (Å²) in [6.07, 6.45) is 11.1. The minimum absolute atomic E-state index is 0.0363. The number of carbonyl (C=O) groups is 1. The Morgan fingerprint density at radius 1 is 1.14 bits per heavy atom. The number of rotatable bonds is 5. The summed E-state index contributed by atoms with van der Waals surface area (Å²) < 4.78 is 11.3. The molecule has 2 saturated carbocycles. The second-order valence-electron chi connectivity index (χ2n) is 11.8. The Kier molecular flexibility index (Phi) is 5.94. The maximum Gasteiger partial charge on any atom is 0.305 e. The van der Waals surface area contributed by atoms with Crippen LogP contribution in [0.1, 0.15) is 76.3 Å². The molecule has 0 spiro atoms. The summed E-state index contributed by atoms with van der Waals surface area (Å²) >= 11 is 1.81. The molecule has 1 aromatic carbocycles. The number of hydrogen-bond donors (Lipinski definition) is 1. The van der Waals surface area contributed by atoms with E-state index in [0.29, 0.717) is 24.2 Å². The van der Waals surface area contributed by atoms with Gasteiger partial charge in [0, 0.05) is 17.5 Å². The van der Waals surface area contributed by atoms with E-state index in [1.807, 2.05) is 42.5 Å². The Morgan fingerprint density at radius 2 is 1.94 bits per heavy atom. The molecule has 4 aliphatic carbocycles. The SMILES string of the molecule is CCC(=O)O[C@H]1CC[C@H]2[C@@H]3CC=C4c5sc(Nc6ccc(OC)cc6)nc5CC[C@]4(C)[C@H]3CC[C@]12C. The van der Waals surface area contributed by atoms with Crippen molar-refractivity contribution in [2.45, 2.75) is 78.2 Å². The van der Waals surface area contributed by atoms with Crippen molar-refractivity contribution in [3.8, 4) is 5.75 Å². The minimum atomic E-state index is -0.0363. The van der Waals surface area contributed by atoms with E-state index in [2.05, 4.69) is 25.2 Å². The summed E-state index contributed by atoms with van der Waals surface area (Å²) in [5, 5.41) is 4.50. The number of hydrogen-bond acceptors (Lipinski definition) is 6.